The first-order valence-corrected chi connectivity index (χ1v) is 3.19. The number of likely N-dealkylation sites (N-methyl/N-ethyl adjacent to an activating group) is 1. The summed E-state index contributed by atoms with van der Waals surface area (Å²) >= 11 is 0. The molecule has 11 heavy (non-hydrogen) atoms. The summed E-state index contributed by atoms with van der Waals surface area (Å²) < 4.78 is 0. The van der Waals surface area contributed by atoms with Crippen LogP contribution in [0.2, 0.25) is 0 Å². The zero-order valence-corrected chi connectivity index (χ0v) is 6.57. The van der Waals surface area contributed by atoms with Crippen molar-refractivity contribution in [2.45, 2.75) is 19.4 Å². The average Bonchev–Trinajstić information content (AvgIpc) is 1.98. The van der Waals surface area contributed by atoms with E-state index in [2.05, 4.69) is 0 Å². The Bertz CT molecular complexity index is 195. The molecule has 0 saturated heterocycles. The van der Waals surface area contributed by atoms with Crippen LogP contribution in [0.4, 0.5) is 0 Å². The summed E-state index contributed by atoms with van der Waals surface area (Å²) in [6, 6.07) is 1.23. The minimum Gasteiger partial charge on any atom is -0.335 e. The summed E-state index contributed by atoms with van der Waals surface area (Å²) in [5.74, 6) is -0.211. The van der Waals surface area contributed by atoms with Crippen LogP contribution in [-0.2, 0) is 9.59 Å². The molecule has 0 bridgehead atoms. The fourth-order valence-electron chi connectivity index (χ4n) is 0.603. The predicted molar refractivity (Wildman–Crippen MR) is 38.5 cm³/mol. The molecule has 0 unspecified atom stereocenters. The molecule has 0 aromatic heterocycles. The Kier molecular flexibility index (Phi) is 3.89. The number of carbonyl (C=O) groups is 2. The van der Waals surface area contributed by atoms with Gasteiger partial charge in [-0.3, -0.25) is 4.79 Å². The van der Waals surface area contributed by atoms with Crippen molar-refractivity contribution in [3.8, 4) is 6.07 Å². The maximum absolute atomic E-state index is 10.7. The summed E-state index contributed by atoms with van der Waals surface area (Å²) in [5, 5.41) is 8.25. The molecule has 60 valence electrons. The molecule has 0 aliphatic rings. The Labute approximate surface area is 65.4 Å². The highest BCUT2D eigenvalue weighted by Gasteiger charge is 2.14. The minimum absolute atomic E-state index is 0.0551. The molecular formula is C7H10N2O2. The van der Waals surface area contributed by atoms with Crippen LogP contribution in [0.15, 0.2) is 0 Å². The molecule has 1 amide bonds. The van der Waals surface area contributed by atoms with E-state index >= 15 is 0 Å². The molecule has 4 heteroatoms. The van der Waals surface area contributed by atoms with Crippen molar-refractivity contribution in [2.24, 2.45) is 0 Å². The largest absolute Gasteiger partial charge is 0.335 e. The number of rotatable bonds is 3. The van der Waals surface area contributed by atoms with Crippen LogP contribution < -0.4 is 0 Å². The first-order chi connectivity index (χ1) is 5.13. The molecule has 1 atom stereocenters. The molecule has 0 aliphatic carbocycles. The minimum atomic E-state index is -0.600. The number of nitriles is 1. The van der Waals surface area contributed by atoms with Gasteiger partial charge in [0.25, 0.3) is 0 Å². The first-order valence-electron chi connectivity index (χ1n) is 3.19. The van der Waals surface area contributed by atoms with Crippen LogP contribution >= 0.6 is 0 Å². The van der Waals surface area contributed by atoms with Crippen molar-refractivity contribution in [3.63, 3.8) is 0 Å². The van der Waals surface area contributed by atoms with Gasteiger partial charge in [0.15, 0.2) is 0 Å². The van der Waals surface area contributed by atoms with E-state index in [0.717, 1.165) is 0 Å². The van der Waals surface area contributed by atoms with Crippen molar-refractivity contribution in [1.29, 1.82) is 5.26 Å². The molecule has 0 radical (unpaired) electrons. The van der Waals surface area contributed by atoms with Gasteiger partial charge in [0, 0.05) is 14.0 Å². The van der Waals surface area contributed by atoms with E-state index < -0.39 is 6.04 Å². The van der Waals surface area contributed by atoms with Gasteiger partial charge < -0.3 is 9.69 Å². The van der Waals surface area contributed by atoms with Crippen molar-refractivity contribution < 1.29 is 9.59 Å². The van der Waals surface area contributed by atoms with Gasteiger partial charge >= 0.3 is 0 Å². The molecule has 0 spiro atoms. The highest BCUT2D eigenvalue weighted by atomic mass is 16.2. The van der Waals surface area contributed by atoms with E-state index in [1.54, 1.807) is 0 Å². The molecule has 0 heterocycles. The second kappa shape index (κ2) is 4.45. The maximum Gasteiger partial charge on any atom is 0.219 e. The predicted octanol–water partition coefficient (Wildman–Crippen LogP) is -0.0541. The smallest absolute Gasteiger partial charge is 0.219 e. The van der Waals surface area contributed by atoms with E-state index in [0.29, 0.717) is 6.29 Å². The molecule has 0 fully saturated rings. The second-order valence-corrected chi connectivity index (χ2v) is 2.20. The van der Waals surface area contributed by atoms with Crippen LogP contribution in [-0.4, -0.2) is 30.2 Å². The zero-order chi connectivity index (χ0) is 8.85. The van der Waals surface area contributed by atoms with Crippen molar-refractivity contribution in [3.05, 3.63) is 0 Å². The van der Waals surface area contributed by atoms with Crippen molar-refractivity contribution >= 4 is 12.2 Å². The standard InChI is InChI=1S/C7H10N2O2/c1-6(11)9(2)7(5-10)3-4-8/h5,7H,3H2,1-2H3/t7-/m0/s1. The Morgan fingerprint density at radius 2 is 2.36 bits per heavy atom. The van der Waals surface area contributed by atoms with E-state index in [4.69, 9.17) is 5.26 Å². The normalized spacial score (nSPS) is 11.4. The number of carbonyl (C=O) groups excluding carboxylic acids is 2. The Morgan fingerprint density at radius 3 is 2.64 bits per heavy atom. The lowest BCUT2D eigenvalue weighted by Crippen LogP contribution is -2.36. The van der Waals surface area contributed by atoms with Gasteiger partial charge in [-0.25, -0.2) is 0 Å². The maximum atomic E-state index is 10.7. The summed E-state index contributed by atoms with van der Waals surface area (Å²) in [6.45, 7) is 1.36. The zero-order valence-electron chi connectivity index (χ0n) is 6.57. The Morgan fingerprint density at radius 1 is 1.82 bits per heavy atom. The van der Waals surface area contributed by atoms with Gasteiger partial charge in [-0.15, -0.1) is 0 Å². The quantitative estimate of drug-likeness (QED) is 0.535. The second-order valence-electron chi connectivity index (χ2n) is 2.20. The average molecular weight is 154 g/mol. The van der Waals surface area contributed by atoms with E-state index in [1.165, 1.54) is 18.9 Å². The van der Waals surface area contributed by atoms with Gasteiger partial charge in [0.2, 0.25) is 5.91 Å². The lowest BCUT2D eigenvalue weighted by Gasteiger charge is -2.19. The molecule has 0 aromatic rings. The van der Waals surface area contributed by atoms with Crippen LogP contribution in [0.3, 0.4) is 0 Å². The molecule has 0 rings (SSSR count). The Hall–Kier alpha value is -1.37. The number of hydrogen-bond donors (Lipinski definition) is 0. The van der Waals surface area contributed by atoms with Crippen LogP contribution in [0.25, 0.3) is 0 Å². The summed E-state index contributed by atoms with van der Waals surface area (Å²) in [5.41, 5.74) is 0. The lowest BCUT2D eigenvalue weighted by molar-refractivity contribution is -0.132. The number of aldehydes is 1. The molecular weight excluding hydrogens is 144 g/mol. The third-order valence-corrected chi connectivity index (χ3v) is 1.45. The monoisotopic (exact) mass is 154 g/mol. The highest BCUT2D eigenvalue weighted by Crippen LogP contribution is 1.97. The topological polar surface area (TPSA) is 61.2 Å². The van der Waals surface area contributed by atoms with Gasteiger partial charge in [0.1, 0.15) is 6.29 Å². The number of nitrogens with zero attached hydrogens (tertiary/aromatic N) is 2. The SMILES string of the molecule is CC(=O)N(C)[C@H](C=O)CC#N. The fraction of sp³-hybridized carbons (Fsp3) is 0.571. The summed E-state index contributed by atoms with van der Waals surface area (Å²) in [4.78, 5) is 22.2. The molecule has 0 aromatic carbocycles. The molecule has 0 saturated carbocycles. The van der Waals surface area contributed by atoms with Crippen LogP contribution in [0, 0.1) is 11.3 Å². The third kappa shape index (κ3) is 2.80. The van der Waals surface area contributed by atoms with E-state index in [-0.39, 0.29) is 12.3 Å². The first kappa shape index (κ1) is 9.63. The lowest BCUT2D eigenvalue weighted by atomic mass is 10.2. The van der Waals surface area contributed by atoms with Crippen molar-refractivity contribution in [2.75, 3.05) is 7.05 Å². The van der Waals surface area contributed by atoms with Crippen LogP contribution in [0.1, 0.15) is 13.3 Å². The number of hydrogen-bond acceptors (Lipinski definition) is 3. The molecule has 0 N–H and O–H groups in total. The van der Waals surface area contributed by atoms with Gasteiger partial charge in [-0.2, -0.15) is 5.26 Å². The van der Waals surface area contributed by atoms with Gasteiger partial charge in [0.05, 0.1) is 18.5 Å². The van der Waals surface area contributed by atoms with E-state index in [1.807, 2.05) is 6.07 Å². The summed E-state index contributed by atoms with van der Waals surface area (Å²) in [6.07, 6.45) is 0.657. The van der Waals surface area contributed by atoms with E-state index in [9.17, 15) is 9.59 Å². The Balaban J connectivity index is 4.15. The van der Waals surface area contributed by atoms with Gasteiger partial charge in [-0.1, -0.05) is 0 Å². The van der Waals surface area contributed by atoms with Crippen molar-refractivity contribution in [1.82, 2.24) is 4.90 Å². The molecule has 4 nitrogen and oxygen atoms in total. The summed E-state index contributed by atoms with van der Waals surface area (Å²) in [7, 11) is 1.50. The third-order valence-electron chi connectivity index (χ3n) is 1.45. The number of amides is 1. The van der Waals surface area contributed by atoms with Gasteiger partial charge in [-0.05, 0) is 0 Å². The van der Waals surface area contributed by atoms with Crippen LogP contribution in [0.5, 0.6) is 0 Å². The molecule has 0 aliphatic heterocycles. The highest BCUT2D eigenvalue weighted by molar-refractivity contribution is 5.77. The fourth-order valence-corrected chi connectivity index (χ4v) is 0.603.